The van der Waals surface area contributed by atoms with Gasteiger partial charge in [-0.3, -0.25) is 4.79 Å². The fourth-order valence-corrected chi connectivity index (χ4v) is 2.03. The van der Waals surface area contributed by atoms with Gasteiger partial charge in [-0.05, 0) is 12.5 Å². The van der Waals surface area contributed by atoms with Gasteiger partial charge < -0.3 is 21.0 Å². The fourth-order valence-electron chi connectivity index (χ4n) is 2.03. The zero-order chi connectivity index (χ0) is 13.7. The Balaban J connectivity index is 1.82. The lowest BCUT2D eigenvalue weighted by molar-refractivity contribution is -0.122. The third kappa shape index (κ3) is 3.15. The second kappa shape index (κ2) is 6.08. The first kappa shape index (κ1) is 13.2. The van der Waals surface area contributed by atoms with E-state index in [1.54, 1.807) is 0 Å². The van der Waals surface area contributed by atoms with Gasteiger partial charge in [-0.15, -0.1) is 0 Å². The van der Waals surface area contributed by atoms with Crippen LogP contribution in [0.25, 0.3) is 0 Å². The Morgan fingerprint density at radius 3 is 3.11 bits per heavy atom. The first-order valence-electron chi connectivity index (χ1n) is 6.18. The minimum atomic E-state index is -0.250. The molecule has 0 bridgehead atoms. The fraction of sp³-hybridized carbons (Fsp3) is 0.385. The van der Waals surface area contributed by atoms with Crippen LogP contribution in [0.2, 0.25) is 0 Å². The number of carbonyl (C=O) groups excluding carboxylic acids is 1. The predicted octanol–water partition coefficient (Wildman–Crippen LogP) is 0.805. The molecule has 1 amide bonds. The van der Waals surface area contributed by atoms with E-state index in [0.29, 0.717) is 26.0 Å². The summed E-state index contributed by atoms with van der Waals surface area (Å²) in [6.07, 6.45) is 1.09. The van der Waals surface area contributed by atoms with E-state index in [9.17, 15) is 4.79 Å². The molecule has 0 saturated heterocycles. The molecule has 0 aliphatic carbocycles. The molecule has 0 radical (unpaired) electrons. The van der Waals surface area contributed by atoms with Crippen LogP contribution in [0.5, 0.6) is 5.75 Å². The van der Waals surface area contributed by atoms with Crippen molar-refractivity contribution in [3.05, 3.63) is 29.8 Å². The highest BCUT2D eigenvalue weighted by molar-refractivity contribution is 5.85. The molecule has 1 aromatic carbocycles. The highest BCUT2D eigenvalue weighted by Gasteiger charge is 2.29. The predicted molar refractivity (Wildman–Crippen MR) is 70.3 cm³/mol. The number of hydrogen-bond acceptors (Lipinski definition) is 4. The Morgan fingerprint density at radius 1 is 1.53 bits per heavy atom. The lowest BCUT2D eigenvalue weighted by atomic mass is 10.0. The maximum absolute atomic E-state index is 12.0. The van der Waals surface area contributed by atoms with E-state index in [4.69, 9.17) is 15.7 Å². The molecule has 2 rings (SSSR count). The van der Waals surface area contributed by atoms with Gasteiger partial charge in [0.2, 0.25) is 5.91 Å². The Kier molecular flexibility index (Phi) is 4.22. The molecule has 4 N–H and O–H groups in total. The maximum atomic E-state index is 12.0. The lowest BCUT2D eigenvalue weighted by Crippen LogP contribution is -2.31. The van der Waals surface area contributed by atoms with E-state index in [2.05, 4.69) is 10.5 Å². The van der Waals surface area contributed by atoms with E-state index in [1.165, 1.54) is 0 Å². The summed E-state index contributed by atoms with van der Waals surface area (Å²) in [5.41, 5.74) is 6.27. The minimum Gasteiger partial charge on any atom is -0.492 e. The van der Waals surface area contributed by atoms with Crippen LogP contribution in [0.15, 0.2) is 29.4 Å². The Labute approximate surface area is 111 Å². The van der Waals surface area contributed by atoms with Gasteiger partial charge in [0.1, 0.15) is 24.1 Å². The number of nitrogens with two attached hydrogens (primary N) is 1. The Hall–Kier alpha value is -2.24. The van der Waals surface area contributed by atoms with Gasteiger partial charge in [-0.1, -0.05) is 23.4 Å². The number of para-hydroxylation sites is 1. The number of amides is 1. The van der Waals surface area contributed by atoms with Crippen molar-refractivity contribution in [3.63, 3.8) is 0 Å². The first-order chi connectivity index (χ1) is 9.22. The summed E-state index contributed by atoms with van der Waals surface area (Å²) < 4.78 is 5.46. The number of carbonyl (C=O) groups is 1. The van der Waals surface area contributed by atoms with Crippen LogP contribution in [-0.4, -0.2) is 30.1 Å². The van der Waals surface area contributed by atoms with Crippen LogP contribution < -0.4 is 15.8 Å². The largest absolute Gasteiger partial charge is 0.492 e. The number of oxime groups is 1. The Bertz CT molecular complexity index is 488. The van der Waals surface area contributed by atoms with E-state index in [0.717, 1.165) is 11.3 Å². The van der Waals surface area contributed by atoms with E-state index in [-0.39, 0.29) is 17.7 Å². The van der Waals surface area contributed by atoms with Gasteiger partial charge in [0.05, 0.1) is 0 Å². The number of hydrogen-bond donors (Lipinski definition) is 3. The van der Waals surface area contributed by atoms with Crippen molar-refractivity contribution in [1.82, 2.24) is 5.32 Å². The maximum Gasteiger partial charge on any atom is 0.231 e. The zero-order valence-electron chi connectivity index (χ0n) is 10.5. The summed E-state index contributed by atoms with van der Waals surface area (Å²) in [4.78, 5) is 12.0. The van der Waals surface area contributed by atoms with E-state index in [1.807, 2.05) is 24.3 Å². The van der Waals surface area contributed by atoms with E-state index < -0.39 is 0 Å². The van der Waals surface area contributed by atoms with Crippen molar-refractivity contribution < 1.29 is 14.7 Å². The molecule has 1 aromatic rings. The van der Waals surface area contributed by atoms with Crippen molar-refractivity contribution in [3.8, 4) is 5.75 Å². The quantitative estimate of drug-likeness (QED) is 0.241. The smallest absolute Gasteiger partial charge is 0.231 e. The number of nitrogens with zero attached hydrogens (tertiary/aromatic N) is 1. The average molecular weight is 263 g/mol. The molecular weight excluding hydrogens is 246 g/mol. The summed E-state index contributed by atoms with van der Waals surface area (Å²) in [6.45, 7) is 0.874. The third-order valence-electron chi connectivity index (χ3n) is 3.05. The second-order valence-corrected chi connectivity index (χ2v) is 4.39. The third-order valence-corrected chi connectivity index (χ3v) is 3.05. The highest BCUT2D eigenvalue weighted by Crippen LogP contribution is 2.33. The molecular formula is C13H17N3O3. The molecule has 19 heavy (non-hydrogen) atoms. The lowest BCUT2D eigenvalue weighted by Gasteiger charge is -2.09. The van der Waals surface area contributed by atoms with Gasteiger partial charge in [-0.2, -0.15) is 0 Å². The number of nitrogens with one attached hydrogen (secondary N) is 1. The van der Waals surface area contributed by atoms with Crippen LogP contribution in [0.1, 0.15) is 24.3 Å². The molecule has 1 unspecified atom stereocenters. The highest BCUT2D eigenvalue weighted by atomic mass is 16.5. The number of rotatable bonds is 5. The SMILES string of the molecule is NC(CCCNC(=O)C1COc2ccccc21)=NO. The molecule has 1 heterocycles. The summed E-state index contributed by atoms with van der Waals surface area (Å²) in [5.74, 6) is 0.646. The second-order valence-electron chi connectivity index (χ2n) is 4.39. The molecule has 0 aromatic heterocycles. The number of amidine groups is 1. The molecule has 1 aliphatic heterocycles. The van der Waals surface area contributed by atoms with Crippen molar-refractivity contribution in [2.75, 3.05) is 13.2 Å². The molecule has 1 atom stereocenters. The number of ether oxygens (including phenoxy) is 1. The topological polar surface area (TPSA) is 96.9 Å². The van der Waals surface area contributed by atoms with Crippen molar-refractivity contribution in [1.29, 1.82) is 0 Å². The van der Waals surface area contributed by atoms with Gasteiger partial charge in [0.25, 0.3) is 0 Å². The van der Waals surface area contributed by atoms with E-state index >= 15 is 0 Å². The molecule has 1 aliphatic rings. The molecule has 0 saturated carbocycles. The summed E-state index contributed by atoms with van der Waals surface area (Å²) >= 11 is 0. The van der Waals surface area contributed by atoms with Crippen LogP contribution in [0, 0.1) is 0 Å². The molecule has 102 valence electrons. The van der Waals surface area contributed by atoms with Crippen LogP contribution in [-0.2, 0) is 4.79 Å². The number of fused-ring (bicyclic) bond motifs is 1. The van der Waals surface area contributed by atoms with Gasteiger partial charge in [0.15, 0.2) is 0 Å². The summed E-state index contributed by atoms with van der Waals surface area (Å²) in [6, 6.07) is 7.55. The Morgan fingerprint density at radius 2 is 2.32 bits per heavy atom. The van der Waals surface area contributed by atoms with Crippen molar-refractivity contribution in [2.45, 2.75) is 18.8 Å². The monoisotopic (exact) mass is 263 g/mol. The number of benzene rings is 1. The zero-order valence-corrected chi connectivity index (χ0v) is 10.5. The van der Waals surface area contributed by atoms with Crippen LogP contribution in [0.4, 0.5) is 0 Å². The summed E-state index contributed by atoms with van der Waals surface area (Å²) in [7, 11) is 0. The molecule has 0 spiro atoms. The van der Waals surface area contributed by atoms with Gasteiger partial charge in [0, 0.05) is 18.5 Å². The van der Waals surface area contributed by atoms with Gasteiger partial charge in [-0.25, -0.2) is 0 Å². The summed E-state index contributed by atoms with van der Waals surface area (Å²) in [5, 5.41) is 14.1. The standard InChI is InChI=1S/C13H17N3O3/c14-12(16-18)6-3-7-15-13(17)10-8-19-11-5-2-1-4-9(10)11/h1-2,4-5,10,18H,3,6-8H2,(H2,14,16)(H,15,17). The van der Waals surface area contributed by atoms with Crippen molar-refractivity contribution in [2.24, 2.45) is 10.9 Å². The minimum absolute atomic E-state index is 0.0514. The molecule has 6 heteroatoms. The van der Waals surface area contributed by atoms with Crippen molar-refractivity contribution >= 4 is 11.7 Å². The normalized spacial score (nSPS) is 17.7. The average Bonchev–Trinajstić information content (AvgIpc) is 2.87. The van der Waals surface area contributed by atoms with Crippen LogP contribution >= 0.6 is 0 Å². The molecule has 6 nitrogen and oxygen atoms in total. The van der Waals surface area contributed by atoms with Gasteiger partial charge >= 0.3 is 0 Å². The van der Waals surface area contributed by atoms with Crippen LogP contribution in [0.3, 0.4) is 0 Å². The molecule has 0 fully saturated rings. The first-order valence-corrected chi connectivity index (χ1v) is 6.18.